The second-order valence-corrected chi connectivity index (χ2v) is 10.7. The molecule has 0 radical (unpaired) electrons. The van der Waals surface area contributed by atoms with Gasteiger partial charge in [-0.1, -0.05) is 59.1 Å². The zero-order chi connectivity index (χ0) is 21.7. The van der Waals surface area contributed by atoms with E-state index < -0.39 is 0 Å². The maximum Gasteiger partial charge on any atom is 0.306 e. The molecule has 0 aromatic heterocycles. The predicted octanol–water partition coefficient (Wildman–Crippen LogP) is 6.92. The van der Waals surface area contributed by atoms with E-state index in [2.05, 4.69) is 27.7 Å². The van der Waals surface area contributed by atoms with E-state index in [-0.39, 0.29) is 17.8 Å². The van der Waals surface area contributed by atoms with E-state index in [4.69, 9.17) is 4.74 Å². The molecule has 3 nitrogen and oxygen atoms in total. The fourth-order valence-electron chi connectivity index (χ4n) is 6.42. The largest absolute Gasteiger partial charge is 0.508 e. The van der Waals surface area contributed by atoms with E-state index in [1.165, 1.54) is 44.9 Å². The molecule has 1 aromatic rings. The molecule has 1 N–H and O–H groups in total. The lowest BCUT2D eigenvalue weighted by molar-refractivity contribution is -0.158. The highest BCUT2D eigenvalue weighted by Crippen LogP contribution is 2.58. The Bertz CT molecular complexity index is 680. The van der Waals surface area contributed by atoms with Gasteiger partial charge in [0, 0.05) is 12.3 Å². The van der Waals surface area contributed by atoms with Gasteiger partial charge in [0.1, 0.15) is 11.9 Å². The zero-order valence-electron chi connectivity index (χ0n) is 19.5. The third-order valence-electron chi connectivity index (χ3n) is 8.10. The normalized spacial score (nSPS) is 29.6. The Kier molecular flexibility index (Phi) is 7.87. The summed E-state index contributed by atoms with van der Waals surface area (Å²) in [6.07, 6.45) is 11.2. The number of hydrogen-bond donors (Lipinski definition) is 1. The Morgan fingerprint density at radius 3 is 2.57 bits per heavy atom. The number of hydrogen-bond acceptors (Lipinski definition) is 3. The molecule has 2 fully saturated rings. The monoisotopic (exact) mass is 414 g/mol. The van der Waals surface area contributed by atoms with Gasteiger partial charge >= 0.3 is 5.97 Å². The summed E-state index contributed by atoms with van der Waals surface area (Å²) in [5.74, 6) is 3.06. The lowest BCUT2D eigenvalue weighted by Gasteiger charge is -2.46. The molecular weight excluding hydrogens is 372 g/mol. The molecule has 0 unspecified atom stereocenters. The van der Waals surface area contributed by atoms with Crippen LogP contribution in [0.4, 0.5) is 0 Å². The number of phenols is 1. The molecule has 0 bridgehead atoms. The molecule has 2 aliphatic carbocycles. The SMILES string of the molecule is CC(C)CCC[C@@H](C)[C@H]1CC[C@H]2[C@@H](OC(=O)CCc3ccc(O)cc3)CCC[C@]12C. The van der Waals surface area contributed by atoms with Crippen LogP contribution in [0.15, 0.2) is 24.3 Å². The molecular formula is C27H42O3. The van der Waals surface area contributed by atoms with Crippen molar-refractivity contribution < 1.29 is 14.6 Å². The van der Waals surface area contributed by atoms with Gasteiger partial charge in [-0.15, -0.1) is 0 Å². The second kappa shape index (κ2) is 10.2. The molecule has 168 valence electrons. The summed E-state index contributed by atoms with van der Waals surface area (Å²) in [5.41, 5.74) is 1.40. The van der Waals surface area contributed by atoms with Crippen molar-refractivity contribution in [1.82, 2.24) is 0 Å². The Morgan fingerprint density at radius 1 is 1.13 bits per heavy atom. The lowest BCUT2D eigenvalue weighted by Crippen LogP contribution is -2.43. The summed E-state index contributed by atoms with van der Waals surface area (Å²) in [6.45, 7) is 9.59. The van der Waals surface area contributed by atoms with Crippen LogP contribution in [0.1, 0.15) is 91.0 Å². The molecule has 0 spiro atoms. The predicted molar refractivity (Wildman–Crippen MR) is 122 cm³/mol. The van der Waals surface area contributed by atoms with Gasteiger partial charge in [0.25, 0.3) is 0 Å². The maximum absolute atomic E-state index is 12.6. The zero-order valence-corrected chi connectivity index (χ0v) is 19.5. The van der Waals surface area contributed by atoms with Gasteiger partial charge in [-0.05, 0) is 79.4 Å². The first-order chi connectivity index (χ1) is 14.3. The van der Waals surface area contributed by atoms with Crippen molar-refractivity contribution in [3.63, 3.8) is 0 Å². The summed E-state index contributed by atoms with van der Waals surface area (Å²) in [6, 6.07) is 7.10. The van der Waals surface area contributed by atoms with Gasteiger partial charge < -0.3 is 9.84 Å². The molecule has 0 aliphatic heterocycles. The van der Waals surface area contributed by atoms with E-state index in [0.29, 0.717) is 24.2 Å². The van der Waals surface area contributed by atoms with Gasteiger partial charge in [0.15, 0.2) is 0 Å². The third-order valence-corrected chi connectivity index (χ3v) is 8.10. The van der Waals surface area contributed by atoms with Crippen LogP contribution >= 0.6 is 0 Å². The summed E-state index contributed by atoms with van der Waals surface area (Å²) in [7, 11) is 0. The van der Waals surface area contributed by atoms with Crippen LogP contribution in [0.3, 0.4) is 0 Å². The molecule has 2 saturated carbocycles. The van der Waals surface area contributed by atoms with Crippen LogP contribution in [0.5, 0.6) is 5.75 Å². The number of benzene rings is 1. The number of fused-ring (bicyclic) bond motifs is 1. The molecule has 0 heterocycles. The van der Waals surface area contributed by atoms with E-state index in [1.807, 2.05) is 12.1 Å². The van der Waals surface area contributed by atoms with Crippen LogP contribution in [0, 0.1) is 29.1 Å². The number of ether oxygens (including phenoxy) is 1. The van der Waals surface area contributed by atoms with Crippen LogP contribution in [0.25, 0.3) is 0 Å². The molecule has 0 amide bonds. The van der Waals surface area contributed by atoms with Crippen LogP contribution in [-0.2, 0) is 16.0 Å². The van der Waals surface area contributed by atoms with Gasteiger partial charge in [-0.25, -0.2) is 0 Å². The average Bonchev–Trinajstić information content (AvgIpc) is 3.05. The van der Waals surface area contributed by atoms with Crippen molar-refractivity contribution in [3.05, 3.63) is 29.8 Å². The number of carbonyl (C=O) groups is 1. The molecule has 30 heavy (non-hydrogen) atoms. The minimum absolute atomic E-state index is 0.0641. The van der Waals surface area contributed by atoms with Gasteiger partial charge in [-0.3, -0.25) is 4.79 Å². The minimum atomic E-state index is -0.0641. The maximum atomic E-state index is 12.6. The van der Waals surface area contributed by atoms with Crippen molar-refractivity contribution in [1.29, 1.82) is 0 Å². The van der Waals surface area contributed by atoms with Crippen molar-refractivity contribution in [2.24, 2.45) is 29.1 Å². The molecule has 3 heteroatoms. The summed E-state index contributed by atoms with van der Waals surface area (Å²) in [5, 5.41) is 9.40. The van der Waals surface area contributed by atoms with Crippen molar-refractivity contribution in [2.45, 2.75) is 98.0 Å². The third kappa shape index (κ3) is 5.59. The van der Waals surface area contributed by atoms with Gasteiger partial charge in [0.05, 0.1) is 0 Å². The van der Waals surface area contributed by atoms with E-state index in [0.717, 1.165) is 29.7 Å². The van der Waals surface area contributed by atoms with E-state index >= 15 is 0 Å². The topological polar surface area (TPSA) is 46.5 Å². The van der Waals surface area contributed by atoms with Crippen molar-refractivity contribution in [2.75, 3.05) is 0 Å². The van der Waals surface area contributed by atoms with Crippen LogP contribution in [-0.4, -0.2) is 17.2 Å². The number of esters is 1. The summed E-state index contributed by atoms with van der Waals surface area (Å²) < 4.78 is 6.07. The van der Waals surface area contributed by atoms with Crippen LogP contribution < -0.4 is 0 Å². The number of aromatic hydroxyl groups is 1. The first-order valence-electron chi connectivity index (χ1n) is 12.3. The van der Waals surface area contributed by atoms with Crippen LogP contribution in [0.2, 0.25) is 0 Å². The Morgan fingerprint density at radius 2 is 1.87 bits per heavy atom. The van der Waals surface area contributed by atoms with Gasteiger partial charge in [0.2, 0.25) is 0 Å². The minimum Gasteiger partial charge on any atom is -0.508 e. The Balaban J connectivity index is 1.53. The highest BCUT2D eigenvalue weighted by Gasteiger charge is 2.53. The van der Waals surface area contributed by atoms with Gasteiger partial charge in [-0.2, -0.15) is 0 Å². The molecule has 2 aliphatic rings. The number of rotatable bonds is 9. The molecule has 0 saturated heterocycles. The van der Waals surface area contributed by atoms with E-state index in [1.54, 1.807) is 12.1 Å². The molecule has 3 rings (SSSR count). The lowest BCUT2D eigenvalue weighted by atomic mass is 9.61. The molecule has 1 aromatic carbocycles. The first-order valence-corrected chi connectivity index (χ1v) is 12.3. The Hall–Kier alpha value is -1.51. The Labute approximate surface area is 183 Å². The fourth-order valence-corrected chi connectivity index (χ4v) is 6.42. The molecule has 5 atom stereocenters. The summed E-state index contributed by atoms with van der Waals surface area (Å²) >= 11 is 0. The number of carbonyl (C=O) groups excluding carboxylic acids is 1. The second-order valence-electron chi connectivity index (χ2n) is 10.7. The highest BCUT2D eigenvalue weighted by atomic mass is 16.5. The summed E-state index contributed by atoms with van der Waals surface area (Å²) in [4.78, 5) is 12.6. The highest BCUT2D eigenvalue weighted by molar-refractivity contribution is 5.70. The van der Waals surface area contributed by atoms with Crippen molar-refractivity contribution in [3.8, 4) is 5.75 Å². The first kappa shape index (κ1) is 23.2. The smallest absolute Gasteiger partial charge is 0.306 e. The number of aryl methyl sites for hydroxylation is 1. The van der Waals surface area contributed by atoms with Crippen molar-refractivity contribution >= 4 is 5.97 Å². The fraction of sp³-hybridized carbons (Fsp3) is 0.741. The number of phenolic OH excluding ortho intramolecular Hbond substituents is 1. The average molecular weight is 415 g/mol. The van der Waals surface area contributed by atoms with E-state index in [9.17, 15) is 9.90 Å². The standard InChI is InChI=1S/C27H42O3/c1-19(2)7-5-8-20(3)23-15-16-24-25(9-6-18-27(23,24)4)30-26(29)17-12-21-10-13-22(28)14-11-21/h10-11,13-14,19-20,23-25,28H,5-9,12,15-18H2,1-4H3/t20-,23-,24+,25+,27-/m1/s1. The quantitative estimate of drug-likeness (QED) is 0.446.